The minimum absolute atomic E-state index is 0.189. The van der Waals surface area contributed by atoms with Gasteiger partial charge in [-0.3, -0.25) is 0 Å². The first kappa shape index (κ1) is 6.96. The molecule has 0 aromatic rings. The lowest BCUT2D eigenvalue weighted by atomic mass is 9.97. The van der Waals surface area contributed by atoms with Gasteiger partial charge in [0.25, 0.3) is 0 Å². The standard InChI is InChI=1S/C6H14N/c1-6(2,3)5-7-4/h7H,1,5H2,2-4H3. The molecule has 1 heteroatoms. The Balaban J connectivity index is 3.15. The molecular weight excluding hydrogens is 86.1 g/mol. The maximum absolute atomic E-state index is 3.90. The molecule has 0 amide bonds. The molecule has 0 aliphatic heterocycles. The van der Waals surface area contributed by atoms with Crippen LogP contribution < -0.4 is 5.32 Å². The van der Waals surface area contributed by atoms with E-state index in [2.05, 4.69) is 26.1 Å². The summed E-state index contributed by atoms with van der Waals surface area (Å²) >= 11 is 0. The summed E-state index contributed by atoms with van der Waals surface area (Å²) in [6.07, 6.45) is 0. The quantitative estimate of drug-likeness (QED) is 0.547. The molecule has 0 atom stereocenters. The van der Waals surface area contributed by atoms with Gasteiger partial charge in [-0.15, -0.1) is 0 Å². The Morgan fingerprint density at radius 1 is 1.57 bits per heavy atom. The second-order valence-electron chi connectivity index (χ2n) is 2.69. The molecular formula is C6H14N. The van der Waals surface area contributed by atoms with Crippen molar-refractivity contribution in [3.05, 3.63) is 6.92 Å². The maximum Gasteiger partial charge on any atom is -0.0000484 e. The van der Waals surface area contributed by atoms with Crippen molar-refractivity contribution in [3.63, 3.8) is 0 Å². The molecule has 1 nitrogen and oxygen atoms in total. The number of hydrogen-bond acceptors (Lipinski definition) is 1. The third-order valence-electron chi connectivity index (χ3n) is 0.655. The first-order valence-electron chi connectivity index (χ1n) is 2.56. The topological polar surface area (TPSA) is 12.0 Å². The molecule has 0 fully saturated rings. The first-order valence-corrected chi connectivity index (χ1v) is 2.56. The van der Waals surface area contributed by atoms with Gasteiger partial charge in [0.1, 0.15) is 0 Å². The van der Waals surface area contributed by atoms with Crippen LogP contribution >= 0.6 is 0 Å². The van der Waals surface area contributed by atoms with Gasteiger partial charge < -0.3 is 5.32 Å². The van der Waals surface area contributed by atoms with E-state index in [-0.39, 0.29) is 5.41 Å². The van der Waals surface area contributed by atoms with Gasteiger partial charge in [0, 0.05) is 0 Å². The molecule has 0 spiro atoms. The predicted molar refractivity (Wildman–Crippen MR) is 33.1 cm³/mol. The largest absolute Gasteiger partial charge is 0.319 e. The normalized spacial score (nSPS) is 12.0. The number of rotatable bonds is 2. The van der Waals surface area contributed by atoms with Crippen LogP contribution in [-0.4, -0.2) is 13.6 Å². The lowest BCUT2D eigenvalue weighted by molar-refractivity contribution is 0.450. The van der Waals surface area contributed by atoms with Crippen LogP contribution in [0.2, 0.25) is 0 Å². The van der Waals surface area contributed by atoms with Crippen LogP contribution in [0.25, 0.3) is 0 Å². The molecule has 1 radical (unpaired) electrons. The van der Waals surface area contributed by atoms with Crippen molar-refractivity contribution in [2.24, 2.45) is 5.41 Å². The molecule has 0 bridgehead atoms. The van der Waals surface area contributed by atoms with E-state index in [0.717, 1.165) is 6.54 Å². The summed E-state index contributed by atoms with van der Waals surface area (Å²) < 4.78 is 0. The summed E-state index contributed by atoms with van der Waals surface area (Å²) in [7, 11) is 1.94. The molecule has 0 aromatic carbocycles. The maximum atomic E-state index is 3.90. The smallest absolute Gasteiger partial charge is 0.0000484 e. The van der Waals surface area contributed by atoms with Gasteiger partial charge in [-0.25, -0.2) is 0 Å². The van der Waals surface area contributed by atoms with E-state index in [1.54, 1.807) is 0 Å². The van der Waals surface area contributed by atoms with Crippen LogP contribution in [0.1, 0.15) is 13.8 Å². The van der Waals surface area contributed by atoms with Gasteiger partial charge in [0.2, 0.25) is 0 Å². The summed E-state index contributed by atoms with van der Waals surface area (Å²) in [6.45, 7) is 9.08. The van der Waals surface area contributed by atoms with Crippen LogP contribution in [-0.2, 0) is 0 Å². The Bertz CT molecular complexity index is 42.6. The predicted octanol–water partition coefficient (Wildman–Crippen LogP) is 1.07. The van der Waals surface area contributed by atoms with E-state index >= 15 is 0 Å². The van der Waals surface area contributed by atoms with E-state index in [1.807, 2.05) is 7.05 Å². The van der Waals surface area contributed by atoms with Crippen LogP contribution in [0, 0.1) is 12.3 Å². The molecule has 1 N–H and O–H groups in total. The van der Waals surface area contributed by atoms with E-state index in [4.69, 9.17) is 0 Å². The molecule has 0 aromatic heterocycles. The molecule has 0 rings (SSSR count). The lowest BCUT2D eigenvalue weighted by Gasteiger charge is -2.15. The summed E-state index contributed by atoms with van der Waals surface area (Å²) in [4.78, 5) is 0. The Hall–Kier alpha value is -0.0400. The van der Waals surface area contributed by atoms with Crippen molar-refractivity contribution in [3.8, 4) is 0 Å². The van der Waals surface area contributed by atoms with E-state index in [9.17, 15) is 0 Å². The highest BCUT2D eigenvalue weighted by Crippen LogP contribution is 2.08. The van der Waals surface area contributed by atoms with E-state index in [1.165, 1.54) is 0 Å². The van der Waals surface area contributed by atoms with Gasteiger partial charge >= 0.3 is 0 Å². The van der Waals surface area contributed by atoms with Crippen molar-refractivity contribution < 1.29 is 0 Å². The summed E-state index contributed by atoms with van der Waals surface area (Å²) in [6, 6.07) is 0. The summed E-state index contributed by atoms with van der Waals surface area (Å²) in [5, 5.41) is 3.05. The highest BCUT2D eigenvalue weighted by molar-refractivity contribution is 4.71. The average molecular weight is 100 g/mol. The average Bonchev–Trinajstić information content (AvgIpc) is 1.30. The fourth-order valence-electron chi connectivity index (χ4n) is 0.479. The van der Waals surface area contributed by atoms with E-state index in [0.29, 0.717) is 0 Å². The molecule has 0 saturated carbocycles. The van der Waals surface area contributed by atoms with Crippen LogP contribution in [0.5, 0.6) is 0 Å². The van der Waals surface area contributed by atoms with Gasteiger partial charge in [0.15, 0.2) is 0 Å². The fraction of sp³-hybridized carbons (Fsp3) is 0.833. The zero-order valence-corrected chi connectivity index (χ0v) is 5.41. The third-order valence-corrected chi connectivity index (χ3v) is 0.655. The van der Waals surface area contributed by atoms with Gasteiger partial charge in [0.05, 0.1) is 0 Å². The van der Waals surface area contributed by atoms with E-state index < -0.39 is 0 Å². The second-order valence-corrected chi connectivity index (χ2v) is 2.69. The van der Waals surface area contributed by atoms with Crippen molar-refractivity contribution in [2.45, 2.75) is 13.8 Å². The van der Waals surface area contributed by atoms with Crippen LogP contribution in [0.3, 0.4) is 0 Å². The molecule has 0 unspecified atom stereocenters. The number of nitrogens with one attached hydrogen (secondary N) is 1. The zero-order valence-electron chi connectivity index (χ0n) is 5.41. The molecule has 43 valence electrons. The van der Waals surface area contributed by atoms with Gasteiger partial charge in [-0.2, -0.15) is 0 Å². The Morgan fingerprint density at radius 3 is 2.00 bits per heavy atom. The van der Waals surface area contributed by atoms with Gasteiger partial charge in [-0.05, 0) is 25.9 Å². The van der Waals surface area contributed by atoms with Crippen LogP contribution in [0.15, 0.2) is 0 Å². The molecule has 7 heavy (non-hydrogen) atoms. The Kier molecular flexibility index (Phi) is 2.30. The van der Waals surface area contributed by atoms with Crippen molar-refractivity contribution in [1.82, 2.24) is 5.32 Å². The van der Waals surface area contributed by atoms with Gasteiger partial charge in [-0.1, -0.05) is 13.8 Å². The minimum Gasteiger partial charge on any atom is -0.319 e. The Labute approximate surface area is 46.1 Å². The second kappa shape index (κ2) is 2.31. The molecule has 0 saturated heterocycles. The minimum atomic E-state index is 0.189. The summed E-state index contributed by atoms with van der Waals surface area (Å²) in [5.41, 5.74) is 0.189. The molecule has 0 aliphatic rings. The Morgan fingerprint density at radius 2 is 2.00 bits per heavy atom. The third kappa shape index (κ3) is 5.96. The van der Waals surface area contributed by atoms with Crippen molar-refractivity contribution in [1.29, 1.82) is 0 Å². The number of hydrogen-bond donors (Lipinski definition) is 1. The van der Waals surface area contributed by atoms with Crippen LogP contribution in [0.4, 0.5) is 0 Å². The lowest BCUT2D eigenvalue weighted by Crippen LogP contribution is -2.23. The monoisotopic (exact) mass is 100 g/mol. The zero-order chi connectivity index (χ0) is 5.91. The van der Waals surface area contributed by atoms with Crippen molar-refractivity contribution >= 4 is 0 Å². The van der Waals surface area contributed by atoms with Crippen molar-refractivity contribution in [2.75, 3.05) is 13.6 Å². The highest BCUT2D eigenvalue weighted by atomic mass is 14.8. The fourth-order valence-corrected chi connectivity index (χ4v) is 0.479. The molecule has 0 aliphatic carbocycles. The highest BCUT2D eigenvalue weighted by Gasteiger charge is 2.06. The molecule has 0 heterocycles. The first-order chi connectivity index (χ1) is 3.06. The summed E-state index contributed by atoms with van der Waals surface area (Å²) in [5.74, 6) is 0. The SMILES string of the molecule is [CH2]C(C)(C)CNC.